The summed E-state index contributed by atoms with van der Waals surface area (Å²) in [5, 5.41) is 3.01. The summed E-state index contributed by atoms with van der Waals surface area (Å²) in [5.74, 6) is 1.23. The van der Waals surface area contributed by atoms with E-state index in [0.29, 0.717) is 44.5 Å². The summed E-state index contributed by atoms with van der Waals surface area (Å²) in [4.78, 5) is 42.1. The Morgan fingerprint density at radius 3 is 2.45 bits per heavy atom. The van der Waals surface area contributed by atoms with Crippen molar-refractivity contribution in [2.45, 2.75) is 90.7 Å². The van der Waals surface area contributed by atoms with Gasteiger partial charge in [0, 0.05) is 54.9 Å². The highest BCUT2D eigenvalue weighted by atomic mass is 16.6. The van der Waals surface area contributed by atoms with Gasteiger partial charge in [0.1, 0.15) is 35.1 Å². The Kier molecular flexibility index (Phi) is 9.68. The Hall–Kier alpha value is -3.39. The number of piperidine rings is 1. The summed E-state index contributed by atoms with van der Waals surface area (Å²) >= 11 is 0. The topological polar surface area (TPSA) is 89.3 Å². The number of hydrogen-bond acceptors (Lipinski definition) is 7. The fraction of sp³-hybridized carbons (Fsp3) is 0.583. The molecule has 3 atom stereocenters. The summed E-state index contributed by atoms with van der Waals surface area (Å²) < 4.78 is 17.7. The van der Waals surface area contributed by atoms with Gasteiger partial charge in [-0.15, -0.1) is 0 Å². The molecule has 0 radical (unpaired) electrons. The number of likely N-dealkylation sites (N-methyl/N-ethyl adjacent to an activating group) is 1. The second-order valence-electron chi connectivity index (χ2n) is 13.9. The van der Waals surface area contributed by atoms with Crippen molar-refractivity contribution in [2.24, 2.45) is 11.8 Å². The Bertz CT molecular complexity index is 1500. The van der Waals surface area contributed by atoms with Gasteiger partial charge in [-0.1, -0.05) is 13.0 Å². The van der Waals surface area contributed by atoms with Crippen LogP contribution in [0.15, 0.2) is 41.0 Å². The van der Waals surface area contributed by atoms with Gasteiger partial charge in [-0.2, -0.15) is 0 Å². The van der Waals surface area contributed by atoms with Gasteiger partial charge in [0.15, 0.2) is 0 Å². The largest absolute Gasteiger partial charge is 0.492 e. The molecule has 2 aromatic carbocycles. The van der Waals surface area contributed by atoms with Crippen LogP contribution in [-0.4, -0.2) is 72.4 Å². The van der Waals surface area contributed by atoms with Gasteiger partial charge in [0.25, 0.3) is 0 Å². The van der Waals surface area contributed by atoms with Crippen LogP contribution in [0.3, 0.4) is 0 Å². The SMILES string of the molecule is CC(=O)CCC(C(=O)C1CCC1C)c1coc2ccc3cc(OCCN(C)C4CCN(C(=O)OC(C)(C)C)CC4)ccc3c12. The molecule has 8 nitrogen and oxygen atoms in total. The number of hydrogen-bond donors (Lipinski definition) is 0. The first-order valence-corrected chi connectivity index (χ1v) is 16.2. The minimum atomic E-state index is -0.482. The first-order chi connectivity index (χ1) is 20.9. The zero-order chi connectivity index (χ0) is 31.6. The fourth-order valence-corrected chi connectivity index (χ4v) is 6.67. The summed E-state index contributed by atoms with van der Waals surface area (Å²) in [6, 6.07) is 10.5. The molecule has 44 heavy (non-hydrogen) atoms. The zero-order valence-corrected chi connectivity index (χ0v) is 27.2. The van der Waals surface area contributed by atoms with E-state index in [1.54, 1.807) is 18.1 Å². The van der Waals surface area contributed by atoms with Crippen molar-refractivity contribution in [1.29, 1.82) is 0 Å². The molecule has 0 spiro atoms. The van der Waals surface area contributed by atoms with E-state index in [9.17, 15) is 14.4 Å². The molecular weight excluding hydrogens is 556 g/mol. The number of nitrogens with zero attached hydrogens (tertiary/aromatic N) is 2. The van der Waals surface area contributed by atoms with Crippen molar-refractivity contribution in [3.05, 3.63) is 42.2 Å². The number of carbonyl (C=O) groups is 3. The molecule has 2 aliphatic rings. The molecule has 2 heterocycles. The number of Topliss-reactive ketones (excluding diaryl/α,β-unsaturated/α-hetero) is 2. The van der Waals surface area contributed by atoms with E-state index >= 15 is 0 Å². The number of likely N-dealkylation sites (tertiary alicyclic amines) is 1. The number of carbonyl (C=O) groups excluding carboxylic acids is 3. The Morgan fingerprint density at radius 1 is 1.07 bits per heavy atom. The molecular formula is C36H48N2O6. The average molecular weight is 605 g/mol. The van der Waals surface area contributed by atoms with E-state index in [-0.39, 0.29) is 29.5 Å². The lowest BCUT2D eigenvalue weighted by molar-refractivity contribution is -0.129. The van der Waals surface area contributed by atoms with Gasteiger partial charge in [0.05, 0.1) is 6.26 Å². The van der Waals surface area contributed by atoms with E-state index in [1.807, 2.05) is 45.0 Å². The van der Waals surface area contributed by atoms with E-state index in [1.165, 1.54) is 0 Å². The molecule has 1 aliphatic carbocycles. The van der Waals surface area contributed by atoms with Gasteiger partial charge < -0.3 is 23.6 Å². The van der Waals surface area contributed by atoms with Crippen LogP contribution in [0, 0.1) is 11.8 Å². The maximum Gasteiger partial charge on any atom is 0.410 e. The van der Waals surface area contributed by atoms with E-state index in [4.69, 9.17) is 13.9 Å². The third-order valence-corrected chi connectivity index (χ3v) is 9.50. The molecule has 238 valence electrons. The van der Waals surface area contributed by atoms with E-state index in [0.717, 1.165) is 65.3 Å². The average Bonchev–Trinajstić information content (AvgIpc) is 3.39. The maximum atomic E-state index is 13.7. The van der Waals surface area contributed by atoms with Crippen LogP contribution in [0.5, 0.6) is 5.75 Å². The number of rotatable bonds is 11. The van der Waals surface area contributed by atoms with Crippen molar-refractivity contribution >= 4 is 39.4 Å². The van der Waals surface area contributed by atoms with Crippen LogP contribution in [0.1, 0.15) is 84.6 Å². The Balaban J connectivity index is 1.23. The molecule has 3 aromatic rings. The lowest BCUT2D eigenvalue weighted by atomic mass is 9.68. The van der Waals surface area contributed by atoms with Gasteiger partial charge >= 0.3 is 6.09 Å². The highest BCUT2D eigenvalue weighted by molar-refractivity contribution is 6.09. The fourth-order valence-electron chi connectivity index (χ4n) is 6.67. The Labute approximate surface area is 261 Å². The smallest absolute Gasteiger partial charge is 0.410 e. The van der Waals surface area contributed by atoms with Crippen molar-refractivity contribution in [1.82, 2.24) is 9.80 Å². The molecule has 0 N–H and O–H groups in total. The van der Waals surface area contributed by atoms with Gasteiger partial charge in [-0.05, 0) is 108 Å². The van der Waals surface area contributed by atoms with Crippen LogP contribution in [0.4, 0.5) is 4.79 Å². The Morgan fingerprint density at radius 2 is 1.82 bits per heavy atom. The lowest BCUT2D eigenvalue weighted by Crippen LogP contribution is -2.47. The molecule has 1 aliphatic heterocycles. The number of amides is 1. The van der Waals surface area contributed by atoms with Crippen LogP contribution in [0.25, 0.3) is 21.7 Å². The number of ketones is 2. The number of ether oxygens (including phenoxy) is 2. The third kappa shape index (κ3) is 7.28. The second kappa shape index (κ2) is 13.3. The van der Waals surface area contributed by atoms with E-state index in [2.05, 4.69) is 24.9 Å². The van der Waals surface area contributed by atoms with Gasteiger partial charge in [0.2, 0.25) is 0 Å². The summed E-state index contributed by atoms with van der Waals surface area (Å²) in [5.41, 5.74) is 1.16. The monoisotopic (exact) mass is 604 g/mol. The highest BCUT2D eigenvalue weighted by Gasteiger charge is 2.38. The van der Waals surface area contributed by atoms with Crippen molar-refractivity contribution in [2.75, 3.05) is 33.3 Å². The minimum Gasteiger partial charge on any atom is -0.492 e. The third-order valence-electron chi connectivity index (χ3n) is 9.50. The van der Waals surface area contributed by atoms with Crippen LogP contribution < -0.4 is 4.74 Å². The van der Waals surface area contributed by atoms with Gasteiger partial charge in [-0.25, -0.2) is 4.79 Å². The predicted octanol–water partition coefficient (Wildman–Crippen LogP) is 7.36. The molecule has 1 saturated carbocycles. The summed E-state index contributed by atoms with van der Waals surface area (Å²) in [6.45, 7) is 12.1. The molecule has 0 bridgehead atoms. The van der Waals surface area contributed by atoms with Crippen molar-refractivity contribution < 1.29 is 28.3 Å². The molecule has 1 saturated heterocycles. The number of benzene rings is 2. The van der Waals surface area contributed by atoms with Crippen LogP contribution in [-0.2, 0) is 14.3 Å². The van der Waals surface area contributed by atoms with Crippen LogP contribution in [0.2, 0.25) is 0 Å². The first-order valence-electron chi connectivity index (χ1n) is 16.2. The quantitative estimate of drug-likeness (QED) is 0.226. The molecule has 1 amide bonds. The predicted molar refractivity (Wildman–Crippen MR) is 172 cm³/mol. The first kappa shape index (κ1) is 32.0. The van der Waals surface area contributed by atoms with Crippen molar-refractivity contribution in [3.8, 4) is 5.75 Å². The summed E-state index contributed by atoms with van der Waals surface area (Å²) in [6.07, 6.45) is 6.21. The molecule has 3 unspecified atom stereocenters. The van der Waals surface area contributed by atoms with E-state index < -0.39 is 5.60 Å². The standard InChI is InChI=1S/C36H48N2O6/c1-23-7-11-28(23)34(40)30(12-8-24(2)39)31-22-43-32-14-9-25-21-27(10-13-29(25)33(31)32)42-20-19-37(6)26-15-17-38(18-16-26)35(41)44-36(3,4)5/h9-10,13-14,21-23,26,28,30H,7-8,11-12,15-20H2,1-6H3. The lowest BCUT2D eigenvalue weighted by Gasteiger charge is -2.37. The second-order valence-corrected chi connectivity index (χ2v) is 13.9. The highest BCUT2D eigenvalue weighted by Crippen LogP contribution is 2.43. The molecule has 8 heteroatoms. The minimum absolute atomic E-state index is 0.0579. The number of fused-ring (bicyclic) bond motifs is 3. The van der Waals surface area contributed by atoms with Crippen molar-refractivity contribution in [3.63, 3.8) is 0 Å². The number of furan rings is 1. The van der Waals surface area contributed by atoms with Gasteiger partial charge in [-0.3, -0.25) is 9.69 Å². The zero-order valence-electron chi connectivity index (χ0n) is 27.2. The van der Waals surface area contributed by atoms with Crippen LogP contribution >= 0.6 is 0 Å². The maximum absolute atomic E-state index is 13.7. The normalized spacial score (nSPS) is 20.1. The molecule has 1 aromatic heterocycles. The molecule has 5 rings (SSSR count). The summed E-state index contributed by atoms with van der Waals surface area (Å²) in [7, 11) is 2.11. The molecule has 2 fully saturated rings.